The molecule has 21 heavy (non-hydrogen) atoms. The van der Waals surface area contributed by atoms with Crippen LogP contribution in [0.25, 0.3) is 0 Å². The standard InChI is InChI=1S/C17H25NO3/c1-11(2)15-6-5-13(9-12(15)3)21-14-7-8-17(18,10-14)16(19)20-4/h5-6,9,11,14H,7-8,10,18H2,1-4H3. The molecular weight excluding hydrogens is 266 g/mol. The number of benzene rings is 1. The van der Waals surface area contributed by atoms with Crippen molar-refractivity contribution in [2.24, 2.45) is 5.73 Å². The van der Waals surface area contributed by atoms with Crippen LogP contribution in [0, 0.1) is 6.92 Å². The average molecular weight is 291 g/mol. The quantitative estimate of drug-likeness (QED) is 0.866. The van der Waals surface area contributed by atoms with Crippen LogP contribution in [0.2, 0.25) is 0 Å². The van der Waals surface area contributed by atoms with Gasteiger partial charge in [0, 0.05) is 6.42 Å². The minimum atomic E-state index is -0.896. The van der Waals surface area contributed by atoms with E-state index in [9.17, 15) is 4.79 Å². The summed E-state index contributed by atoms with van der Waals surface area (Å²) in [5.74, 6) is 0.998. The monoisotopic (exact) mass is 291 g/mol. The third-order valence-electron chi connectivity index (χ3n) is 4.26. The highest BCUT2D eigenvalue weighted by molar-refractivity contribution is 5.80. The van der Waals surface area contributed by atoms with Crippen LogP contribution in [0.5, 0.6) is 5.75 Å². The van der Waals surface area contributed by atoms with Crippen molar-refractivity contribution in [3.8, 4) is 5.75 Å². The number of methoxy groups -OCH3 is 1. The largest absolute Gasteiger partial charge is 0.490 e. The van der Waals surface area contributed by atoms with Crippen LogP contribution < -0.4 is 10.5 Å². The zero-order chi connectivity index (χ0) is 15.6. The first-order valence-electron chi connectivity index (χ1n) is 7.50. The number of hydrogen-bond acceptors (Lipinski definition) is 4. The van der Waals surface area contributed by atoms with Crippen molar-refractivity contribution in [1.82, 2.24) is 0 Å². The van der Waals surface area contributed by atoms with Gasteiger partial charge in [0.15, 0.2) is 0 Å². The summed E-state index contributed by atoms with van der Waals surface area (Å²) < 4.78 is 10.8. The maximum atomic E-state index is 11.7. The molecule has 1 aliphatic rings. The molecule has 0 aliphatic heterocycles. The molecule has 2 atom stereocenters. The van der Waals surface area contributed by atoms with Crippen LogP contribution in [0.4, 0.5) is 0 Å². The average Bonchev–Trinajstić information content (AvgIpc) is 2.80. The Labute approximate surface area is 126 Å². The van der Waals surface area contributed by atoms with Crippen LogP contribution in [0.3, 0.4) is 0 Å². The Morgan fingerprint density at radius 1 is 1.43 bits per heavy atom. The van der Waals surface area contributed by atoms with Gasteiger partial charge < -0.3 is 15.2 Å². The third-order valence-corrected chi connectivity index (χ3v) is 4.26. The maximum absolute atomic E-state index is 11.7. The van der Waals surface area contributed by atoms with Gasteiger partial charge in [0.25, 0.3) is 0 Å². The Morgan fingerprint density at radius 3 is 2.71 bits per heavy atom. The van der Waals surface area contributed by atoms with E-state index in [-0.39, 0.29) is 12.1 Å². The predicted molar refractivity (Wildman–Crippen MR) is 82.5 cm³/mol. The van der Waals surface area contributed by atoms with E-state index in [0.29, 0.717) is 18.8 Å². The van der Waals surface area contributed by atoms with Gasteiger partial charge >= 0.3 is 5.97 Å². The number of hydrogen-bond donors (Lipinski definition) is 1. The molecular formula is C17H25NO3. The molecule has 1 aliphatic carbocycles. The lowest BCUT2D eigenvalue weighted by Gasteiger charge is -2.21. The number of carbonyl (C=O) groups excluding carboxylic acids is 1. The lowest BCUT2D eigenvalue weighted by atomic mass is 9.98. The lowest BCUT2D eigenvalue weighted by molar-refractivity contribution is -0.147. The Balaban J connectivity index is 2.04. The number of esters is 1. The summed E-state index contributed by atoms with van der Waals surface area (Å²) in [6.07, 6.45) is 1.85. The Kier molecular flexibility index (Phi) is 4.57. The first-order chi connectivity index (χ1) is 9.85. The molecule has 1 aromatic carbocycles. The van der Waals surface area contributed by atoms with Gasteiger partial charge in [0.1, 0.15) is 17.4 Å². The molecule has 0 saturated heterocycles. The number of aryl methyl sites for hydroxylation is 1. The van der Waals surface area contributed by atoms with Crippen LogP contribution >= 0.6 is 0 Å². The fourth-order valence-electron chi connectivity index (χ4n) is 3.08. The summed E-state index contributed by atoms with van der Waals surface area (Å²) in [7, 11) is 1.37. The normalized spacial score (nSPS) is 25.1. The van der Waals surface area contributed by atoms with Gasteiger partial charge in [-0.25, -0.2) is 0 Å². The highest BCUT2D eigenvalue weighted by Crippen LogP contribution is 2.33. The topological polar surface area (TPSA) is 61.5 Å². The van der Waals surface area contributed by atoms with Crippen molar-refractivity contribution >= 4 is 5.97 Å². The van der Waals surface area contributed by atoms with E-state index < -0.39 is 5.54 Å². The molecule has 0 heterocycles. The SMILES string of the molecule is COC(=O)C1(N)CCC(Oc2ccc(C(C)C)c(C)c2)C1. The second kappa shape index (κ2) is 6.06. The maximum Gasteiger partial charge on any atom is 0.325 e. The van der Waals surface area contributed by atoms with Crippen LogP contribution in [0.1, 0.15) is 50.2 Å². The van der Waals surface area contributed by atoms with Crippen molar-refractivity contribution in [2.75, 3.05) is 7.11 Å². The molecule has 2 unspecified atom stereocenters. The van der Waals surface area contributed by atoms with Crippen molar-refractivity contribution in [2.45, 2.75) is 57.6 Å². The molecule has 2 N–H and O–H groups in total. The molecule has 1 aromatic rings. The highest BCUT2D eigenvalue weighted by atomic mass is 16.5. The van der Waals surface area contributed by atoms with E-state index >= 15 is 0 Å². The molecule has 116 valence electrons. The van der Waals surface area contributed by atoms with E-state index in [1.165, 1.54) is 18.2 Å². The molecule has 4 heteroatoms. The summed E-state index contributed by atoms with van der Waals surface area (Å²) in [5, 5.41) is 0. The number of rotatable bonds is 4. The Bertz CT molecular complexity index is 527. The zero-order valence-electron chi connectivity index (χ0n) is 13.3. The fourth-order valence-corrected chi connectivity index (χ4v) is 3.08. The molecule has 0 spiro atoms. The summed E-state index contributed by atoms with van der Waals surface area (Å²) in [6.45, 7) is 6.45. The summed E-state index contributed by atoms with van der Waals surface area (Å²) >= 11 is 0. The third kappa shape index (κ3) is 3.38. The van der Waals surface area contributed by atoms with E-state index in [2.05, 4.69) is 32.9 Å². The van der Waals surface area contributed by atoms with Gasteiger partial charge in [0.2, 0.25) is 0 Å². The molecule has 0 amide bonds. The molecule has 0 radical (unpaired) electrons. The van der Waals surface area contributed by atoms with Crippen LogP contribution in [-0.2, 0) is 9.53 Å². The van der Waals surface area contributed by atoms with Crippen molar-refractivity contribution in [3.05, 3.63) is 29.3 Å². The molecule has 2 rings (SSSR count). The lowest BCUT2D eigenvalue weighted by Crippen LogP contribution is -2.47. The molecule has 0 bridgehead atoms. The van der Waals surface area contributed by atoms with Crippen molar-refractivity contribution in [1.29, 1.82) is 0 Å². The van der Waals surface area contributed by atoms with Crippen molar-refractivity contribution in [3.63, 3.8) is 0 Å². The highest BCUT2D eigenvalue weighted by Gasteiger charge is 2.44. The molecule has 0 aromatic heterocycles. The van der Waals surface area contributed by atoms with E-state index in [4.69, 9.17) is 15.2 Å². The smallest absolute Gasteiger partial charge is 0.325 e. The van der Waals surface area contributed by atoms with Gasteiger partial charge in [-0.2, -0.15) is 0 Å². The second-order valence-electron chi connectivity index (χ2n) is 6.30. The molecule has 1 saturated carbocycles. The minimum absolute atomic E-state index is 0.0293. The minimum Gasteiger partial charge on any atom is -0.490 e. The first kappa shape index (κ1) is 15.8. The summed E-state index contributed by atoms with van der Waals surface area (Å²) in [4.78, 5) is 11.7. The van der Waals surface area contributed by atoms with Gasteiger partial charge in [-0.3, -0.25) is 4.79 Å². The van der Waals surface area contributed by atoms with Gasteiger partial charge in [0.05, 0.1) is 7.11 Å². The fraction of sp³-hybridized carbons (Fsp3) is 0.588. The summed E-state index contributed by atoms with van der Waals surface area (Å²) in [6, 6.07) is 6.17. The number of ether oxygens (including phenoxy) is 2. The number of nitrogens with two attached hydrogens (primary N) is 1. The van der Waals surface area contributed by atoms with Crippen LogP contribution in [0.15, 0.2) is 18.2 Å². The molecule has 1 fully saturated rings. The number of carbonyl (C=O) groups is 1. The Morgan fingerprint density at radius 2 is 2.14 bits per heavy atom. The van der Waals surface area contributed by atoms with Gasteiger partial charge in [-0.1, -0.05) is 19.9 Å². The Hall–Kier alpha value is -1.55. The second-order valence-corrected chi connectivity index (χ2v) is 6.30. The van der Waals surface area contributed by atoms with E-state index in [0.717, 1.165) is 12.2 Å². The predicted octanol–water partition coefficient (Wildman–Crippen LogP) is 2.92. The zero-order valence-corrected chi connectivity index (χ0v) is 13.3. The van der Waals surface area contributed by atoms with Crippen LogP contribution in [-0.4, -0.2) is 24.7 Å². The summed E-state index contributed by atoms with van der Waals surface area (Å²) in [5.41, 5.74) is 7.76. The first-order valence-corrected chi connectivity index (χ1v) is 7.50. The molecule has 4 nitrogen and oxygen atoms in total. The van der Waals surface area contributed by atoms with E-state index in [1.807, 2.05) is 6.07 Å². The van der Waals surface area contributed by atoms with Crippen molar-refractivity contribution < 1.29 is 14.3 Å². The van der Waals surface area contributed by atoms with Gasteiger partial charge in [-0.15, -0.1) is 0 Å². The van der Waals surface area contributed by atoms with Gasteiger partial charge in [-0.05, 0) is 48.9 Å². The van der Waals surface area contributed by atoms with E-state index in [1.54, 1.807) is 0 Å².